The van der Waals surface area contributed by atoms with Crippen LogP contribution in [0.5, 0.6) is 11.5 Å². The van der Waals surface area contributed by atoms with Crippen LogP contribution in [0.25, 0.3) is 0 Å². The SMILES string of the molecule is COc1cc(/C=N\NC(=O)C(=O)NC[C@H]2CCCO2)ccc1OCc1ccc(Cl)cc1Cl. The van der Waals surface area contributed by atoms with E-state index in [4.69, 9.17) is 37.4 Å². The molecule has 170 valence electrons. The Morgan fingerprint density at radius 2 is 2.03 bits per heavy atom. The molecule has 0 bridgehead atoms. The molecule has 1 atom stereocenters. The Labute approximate surface area is 195 Å². The number of carbonyl (C=O) groups is 2. The number of benzene rings is 2. The summed E-state index contributed by atoms with van der Waals surface area (Å²) in [6, 6.07) is 10.3. The quantitative estimate of drug-likeness (QED) is 0.343. The summed E-state index contributed by atoms with van der Waals surface area (Å²) in [5, 5.41) is 7.41. The molecule has 0 aromatic heterocycles. The molecule has 0 spiro atoms. The van der Waals surface area contributed by atoms with Crippen LogP contribution >= 0.6 is 23.2 Å². The van der Waals surface area contributed by atoms with Gasteiger partial charge < -0.3 is 19.5 Å². The van der Waals surface area contributed by atoms with E-state index in [2.05, 4.69) is 15.8 Å². The van der Waals surface area contributed by atoms with Gasteiger partial charge in [0.2, 0.25) is 0 Å². The zero-order valence-corrected chi connectivity index (χ0v) is 18.9. The van der Waals surface area contributed by atoms with Crippen LogP contribution in [0, 0.1) is 0 Å². The van der Waals surface area contributed by atoms with Crippen LogP contribution in [0.4, 0.5) is 0 Å². The number of rotatable bonds is 8. The molecule has 2 aromatic carbocycles. The normalized spacial score (nSPS) is 15.5. The number of nitrogens with one attached hydrogen (secondary N) is 2. The van der Waals surface area contributed by atoms with Crippen molar-refractivity contribution >= 4 is 41.2 Å². The summed E-state index contributed by atoms with van der Waals surface area (Å²) >= 11 is 12.1. The Morgan fingerprint density at radius 1 is 1.19 bits per heavy atom. The number of amides is 2. The van der Waals surface area contributed by atoms with Crippen molar-refractivity contribution in [1.29, 1.82) is 0 Å². The molecule has 2 aromatic rings. The fourth-order valence-electron chi connectivity index (χ4n) is 2.99. The minimum atomic E-state index is -0.856. The number of halogens is 2. The van der Waals surface area contributed by atoms with E-state index in [1.807, 2.05) is 0 Å². The second kappa shape index (κ2) is 11.7. The highest BCUT2D eigenvalue weighted by Gasteiger charge is 2.19. The summed E-state index contributed by atoms with van der Waals surface area (Å²) in [6.45, 7) is 1.21. The van der Waals surface area contributed by atoms with E-state index in [0.29, 0.717) is 40.3 Å². The maximum atomic E-state index is 11.8. The first-order valence-corrected chi connectivity index (χ1v) is 10.7. The van der Waals surface area contributed by atoms with Gasteiger partial charge in [-0.3, -0.25) is 9.59 Å². The van der Waals surface area contributed by atoms with E-state index in [1.165, 1.54) is 13.3 Å². The van der Waals surface area contributed by atoms with Crippen molar-refractivity contribution in [3.8, 4) is 11.5 Å². The summed E-state index contributed by atoms with van der Waals surface area (Å²) in [4.78, 5) is 23.7. The number of ether oxygens (including phenoxy) is 3. The van der Waals surface area contributed by atoms with Crippen LogP contribution in [0.3, 0.4) is 0 Å². The van der Waals surface area contributed by atoms with Crippen molar-refractivity contribution in [2.24, 2.45) is 5.10 Å². The van der Waals surface area contributed by atoms with Crippen LogP contribution < -0.4 is 20.2 Å². The molecule has 1 aliphatic heterocycles. The summed E-state index contributed by atoms with van der Waals surface area (Å²) in [5.74, 6) is -0.640. The Morgan fingerprint density at radius 3 is 2.75 bits per heavy atom. The Kier molecular flexibility index (Phi) is 8.72. The smallest absolute Gasteiger partial charge is 0.329 e. The molecule has 0 unspecified atom stereocenters. The molecule has 3 rings (SSSR count). The van der Waals surface area contributed by atoms with E-state index in [-0.39, 0.29) is 12.7 Å². The number of hydrogen-bond donors (Lipinski definition) is 2. The molecular weight excluding hydrogens is 457 g/mol. The lowest BCUT2D eigenvalue weighted by molar-refractivity contribution is -0.139. The molecule has 1 fully saturated rings. The van der Waals surface area contributed by atoms with Crippen molar-refractivity contribution < 1.29 is 23.8 Å². The molecule has 10 heteroatoms. The second-order valence-electron chi connectivity index (χ2n) is 6.98. The number of nitrogens with zero attached hydrogens (tertiary/aromatic N) is 1. The Hall–Kier alpha value is -2.81. The molecule has 2 amide bonds. The minimum absolute atomic E-state index is 0.0424. The average molecular weight is 480 g/mol. The standard InChI is InChI=1S/C22H23Cl2N3O5/c1-30-20-9-14(4-7-19(20)32-13-15-5-6-16(23)10-18(15)24)11-26-27-22(29)21(28)25-12-17-3-2-8-31-17/h4-7,9-11,17H,2-3,8,12-13H2,1H3,(H,25,28)(H,27,29)/b26-11-/t17-/m1/s1. The molecule has 0 aliphatic carbocycles. The first-order valence-electron chi connectivity index (χ1n) is 9.94. The van der Waals surface area contributed by atoms with Crippen molar-refractivity contribution in [3.05, 3.63) is 57.6 Å². The molecule has 1 heterocycles. The summed E-state index contributed by atoms with van der Waals surface area (Å²) in [7, 11) is 1.51. The van der Waals surface area contributed by atoms with Crippen molar-refractivity contribution in [1.82, 2.24) is 10.7 Å². The third kappa shape index (κ3) is 6.85. The Balaban J connectivity index is 1.52. The van der Waals surface area contributed by atoms with Gasteiger partial charge in [0, 0.05) is 28.8 Å². The second-order valence-corrected chi connectivity index (χ2v) is 7.82. The molecule has 1 saturated heterocycles. The van der Waals surface area contributed by atoms with Crippen LogP contribution in [0.2, 0.25) is 10.0 Å². The third-order valence-electron chi connectivity index (χ3n) is 4.69. The molecular formula is C22H23Cl2N3O5. The van der Waals surface area contributed by atoms with Gasteiger partial charge >= 0.3 is 11.8 Å². The number of carbonyl (C=O) groups excluding carboxylic acids is 2. The zero-order valence-electron chi connectivity index (χ0n) is 17.4. The van der Waals surface area contributed by atoms with Gasteiger partial charge in [-0.2, -0.15) is 5.10 Å². The number of hydrogen-bond acceptors (Lipinski definition) is 6. The summed E-state index contributed by atoms with van der Waals surface area (Å²) in [6.07, 6.45) is 3.18. The lowest BCUT2D eigenvalue weighted by Gasteiger charge is -2.12. The summed E-state index contributed by atoms with van der Waals surface area (Å²) in [5.41, 5.74) is 3.62. The lowest BCUT2D eigenvalue weighted by atomic mass is 10.2. The van der Waals surface area contributed by atoms with Crippen LogP contribution in [0.15, 0.2) is 41.5 Å². The van der Waals surface area contributed by atoms with Gasteiger partial charge in [0.25, 0.3) is 0 Å². The van der Waals surface area contributed by atoms with Crippen LogP contribution in [-0.4, -0.2) is 44.4 Å². The van der Waals surface area contributed by atoms with Gasteiger partial charge in [-0.05, 0) is 48.7 Å². The maximum absolute atomic E-state index is 11.8. The monoisotopic (exact) mass is 479 g/mol. The van der Waals surface area contributed by atoms with E-state index < -0.39 is 11.8 Å². The van der Waals surface area contributed by atoms with Crippen molar-refractivity contribution in [3.63, 3.8) is 0 Å². The average Bonchev–Trinajstić information content (AvgIpc) is 3.31. The molecule has 8 nitrogen and oxygen atoms in total. The lowest BCUT2D eigenvalue weighted by Crippen LogP contribution is -2.41. The molecule has 32 heavy (non-hydrogen) atoms. The van der Waals surface area contributed by atoms with E-state index >= 15 is 0 Å². The number of hydrazone groups is 1. The fraction of sp³-hybridized carbons (Fsp3) is 0.318. The van der Waals surface area contributed by atoms with Gasteiger partial charge in [-0.1, -0.05) is 29.3 Å². The zero-order chi connectivity index (χ0) is 22.9. The van der Waals surface area contributed by atoms with Gasteiger partial charge in [0.1, 0.15) is 6.61 Å². The van der Waals surface area contributed by atoms with Crippen molar-refractivity contribution in [2.45, 2.75) is 25.6 Å². The van der Waals surface area contributed by atoms with Gasteiger partial charge in [-0.15, -0.1) is 0 Å². The fourth-order valence-corrected chi connectivity index (χ4v) is 3.45. The van der Waals surface area contributed by atoms with Crippen LogP contribution in [0.1, 0.15) is 24.0 Å². The van der Waals surface area contributed by atoms with Gasteiger partial charge in [0.05, 0.1) is 19.4 Å². The van der Waals surface area contributed by atoms with E-state index in [0.717, 1.165) is 18.4 Å². The predicted molar refractivity (Wildman–Crippen MR) is 122 cm³/mol. The predicted octanol–water partition coefficient (Wildman–Crippen LogP) is 3.33. The minimum Gasteiger partial charge on any atom is -0.493 e. The molecule has 0 saturated carbocycles. The molecule has 2 N–H and O–H groups in total. The largest absolute Gasteiger partial charge is 0.493 e. The maximum Gasteiger partial charge on any atom is 0.329 e. The highest BCUT2D eigenvalue weighted by atomic mass is 35.5. The van der Waals surface area contributed by atoms with E-state index in [9.17, 15) is 9.59 Å². The highest BCUT2D eigenvalue weighted by molar-refractivity contribution is 6.35. The van der Waals surface area contributed by atoms with Gasteiger partial charge in [-0.25, -0.2) is 5.43 Å². The third-order valence-corrected chi connectivity index (χ3v) is 5.27. The molecule has 0 radical (unpaired) electrons. The first-order chi connectivity index (χ1) is 15.5. The topological polar surface area (TPSA) is 98.2 Å². The molecule has 1 aliphatic rings. The van der Waals surface area contributed by atoms with Crippen molar-refractivity contribution in [2.75, 3.05) is 20.3 Å². The Bertz CT molecular complexity index is 994. The first kappa shape index (κ1) is 23.8. The van der Waals surface area contributed by atoms with Gasteiger partial charge in [0.15, 0.2) is 11.5 Å². The highest BCUT2D eigenvalue weighted by Crippen LogP contribution is 2.29. The summed E-state index contributed by atoms with van der Waals surface area (Å²) < 4.78 is 16.6. The number of methoxy groups -OCH3 is 1. The van der Waals surface area contributed by atoms with Crippen LogP contribution in [-0.2, 0) is 20.9 Å². The van der Waals surface area contributed by atoms with E-state index in [1.54, 1.807) is 36.4 Å².